The number of nitrogens with zero attached hydrogens (tertiary/aromatic N) is 1. The first-order chi connectivity index (χ1) is 11.2. The molecule has 4 nitrogen and oxygen atoms in total. The van der Waals surface area contributed by atoms with Gasteiger partial charge in [0.2, 0.25) is 5.91 Å². The van der Waals surface area contributed by atoms with Crippen LogP contribution in [0.5, 0.6) is 0 Å². The van der Waals surface area contributed by atoms with Crippen LogP contribution < -0.4 is 10.2 Å². The molecule has 4 rings (SSSR count). The summed E-state index contributed by atoms with van der Waals surface area (Å²) in [4.78, 5) is 14.6. The summed E-state index contributed by atoms with van der Waals surface area (Å²) in [6.45, 7) is 1.61. The van der Waals surface area contributed by atoms with Crippen LogP contribution in [0.15, 0.2) is 24.3 Å². The lowest BCUT2D eigenvalue weighted by Gasteiger charge is -2.34. The molecule has 1 saturated carbocycles. The van der Waals surface area contributed by atoms with Crippen molar-refractivity contribution >= 4 is 23.2 Å². The number of para-hydroxylation sites is 1. The van der Waals surface area contributed by atoms with Gasteiger partial charge in [-0.05, 0) is 44.2 Å². The summed E-state index contributed by atoms with van der Waals surface area (Å²) in [6, 6.07) is 7.91. The molecule has 1 aromatic rings. The summed E-state index contributed by atoms with van der Waals surface area (Å²) >= 11 is 6.25. The van der Waals surface area contributed by atoms with Gasteiger partial charge in [-0.15, -0.1) is 0 Å². The van der Waals surface area contributed by atoms with Crippen LogP contribution in [0.25, 0.3) is 0 Å². The first-order valence-corrected chi connectivity index (χ1v) is 9.05. The minimum Gasteiger partial charge on any atom is -0.378 e. The van der Waals surface area contributed by atoms with Gasteiger partial charge in [-0.2, -0.15) is 0 Å². The minimum absolute atomic E-state index is 0.0874. The maximum absolute atomic E-state index is 12.8. The predicted octanol–water partition coefficient (Wildman–Crippen LogP) is 2.99. The summed E-state index contributed by atoms with van der Waals surface area (Å²) in [5.74, 6) is 0.727. The van der Waals surface area contributed by atoms with Gasteiger partial charge in [0.15, 0.2) is 0 Å². The van der Waals surface area contributed by atoms with Gasteiger partial charge in [-0.25, -0.2) is 0 Å². The normalized spacial score (nSPS) is 34.0. The predicted molar refractivity (Wildman–Crippen MR) is 90.8 cm³/mol. The van der Waals surface area contributed by atoms with E-state index < -0.39 is 0 Å². The average molecular weight is 335 g/mol. The van der Waals surface area contributed by atoms with Crippen molar-refractivity contribution in [3.63, 3.8) is 0 Å². The molecule has 1 aromatic carbocycles. The van der Waals surface area contributed by atoms with E-state index in [1.807, 2.05) is 29.2 Å². The largest absolute Gasteiger partial charge is 0.378 e. The molecule has 23 heavy (non-hydrogen) atoms. The summed E-state index contributed by atoms with van der Waals surface area (Å²) in [5, 5.41) is 4.29. The zero-order valence-corrected chi connectivity index (χ0v) is 14.0. The van der Waals surface area contributed by atoms with E-state index in [1.54, 1.807) is 0 Å². The van der Waals surface area contributed by atoms with Crippen molar-refractivity contribution in [1.82, 2.24) is 5.32 Å². The second-order valence-electron chi connectivity index (χ2n) is 6.85. The Bertz CT molecular complexity index is 594. The number of hydrogen-bond acceptors (Lipinski definition) is 3. The highest BCUT2D eigenvalue weighted by molar-refractivity contribution is 6.33. The zero-order valence-electron chi connectivity index (χ0n) is 13.2. The number of amides is 1. The van der Waals surface area contributed by atoms with E-state index in [2.05, 4.69) is 5.32 Å². The number of anilines is 1. The SMILES string of the molecule is O=C1C(NC2CCCC3OCCC23)CCN1c1ccccc1Cl. The highest BCUT2D eigenvalue weighted by atomic mass is 35.5. The molecule has 5 heteroatoms. The number of halogens is 1. The Balaban J connectivity index is 1.45. The topological polar surface area (TPSA) is 41.6 Å². The van der Waals surface area contributed by atoms with Gasteiger partial charge < -0.3 is 15.0 Å². The van der Waals surface area contributed by atoms with Crippen LogP contribution in [0.3, 0.4) is 0 Å². The molecule has 0 bridgehead atoms. The Kier molecular flexibility index (Phi) is 4.31. The standard InChI is InChI=1S/C18H23ClN2O2/c19-13-4-1-2-6-16(13)21-10-8-15(18(21)22)20-14-5-3-7-17-12(14)9-11-23-17/h1-2,4,6,12,14-15,17,20H,3,5,7-11H2. The molecule has 3 fully saturated rings. The number of hydrogen-bond donors (Lipinski definition) is 1. The Labute approximate surface area is 142 Å². The average Bonchev–Trinajstić information content (AvgIpc) is 3.17. The van der Waals surface area contributed by atoms with Gasteiger partial charge in [0.05, 0.1) is 22.9 Å². The molecule has 1 aliphatic carbocycles. The molecule has 0 spiro atoms. The van der Waals surface area contributed by atoms with Crippen molar-refractivity contribution in [2.45, 2.75) is 50.3 Å². The number of ether oxygens (including phenoxy) is 1. The van der Waals surface area contributed by atoms with E-state index in [4.69, 9.17) is 16.3 Å². The van der Waals surface area contributed by atoms with Gasteiger partial charge in [-0.1, -0.05) is 23.7 Å². The van der Waals surface area contributed by atoms with E-state index in [-0.39, 0.29) is 11.9 Å². The summed E-state index contributed by atoms with van der Waals surface area (Å²) < 4.78 is 5.83. The Morgan fingerprint density at radius 2 is 2.04 bits per heavy atom. The van der Waals surface area contributed by atoms with E-state index in [1.165, 1.54) is 12.8 Å². The number of nitrogens with one attached hydrogen (secondary N) is 1. The first kappa shape index (κ1) is 15.4. The Morgan fingerprint density at radius 1 is 1.17 bits per heavy atom. The van der Waals surface area contributed by atoms with Gasteiger partial charge >= 0.3 is 0 Å². The summed E-state index contributed by atoms with van der Waals surface area (Å²) in [5.41, 5.74) is 0.828. The minimum atomic E-state index is -0.0874. The van der Waals surface area contributed by atoms with Crippen molar-refractivity contribution in [3.8, 4) is 0 Å². The zero-order chi connectivity index (χ0) is 15.8. The fraction of sp³-hybridized carbons (Fsp3) is 0.611. The van der Waals surface area contributed by atoms with Gasteiger partial charge in [0.1, 0.15) is 0 Å². The van der Waals surface area contributed by atoms with Crippen molar-refractivity contribution in [3.05, 3.63) is 29.3 Å². The number of carbonyl (C=O) groups excluding carboxylic acids is 1. The molecule has 3 aliphatic rings. The van der Waals surface area contributed by atoms with Gasteiger partial charge in [0, 0.05) is 25.1 Å². The molecule has 4 unspecified atom stereocenters. The van der Waals surface area contributed by atoms with Crippen LogP contribution in [-0.4, -0.2) is 37.2 Å². The molecule has 2 saturated heterocycles. The number of carbonyl (C=O) groups is 1. The molecular formula is C18H23ClN2O2. The van der Waals surface area contributed by atoms with E-state index in [9.17, 15) is 4.79 Å². The summed E-state index contributed by atoms with van der Waals surface area (Å²) in [6.07, 6.45) is 5.88. The molecule has 0 aromatic heterocycles. The third-order valence-corrected chi connectivity index (χ3v) is 5.86. The number of rotatable bonds is 3. The lowest BCUT2D eigenvalue weighted by molar-refractivity contribution is -0.119. The molecular weight excluding hydrogens is 312 g/mol. The monoisotopic (exact) mass is 334 g/mol. The molecule has 4 atom stereocenters. The fourth-order valence-electron chi connectivity index (χ4n) is 4.39. The highest BCUT2D eigenvalue weighted by Crippen LogP contribution is 2.35. The third-order valence-electron chi connectivity index (χ3n) is 5.55. The maximum atomic E-state index is 12.8. The van der Waals surface area contributed by atoms with Crippen LogP contribution in [0.1, 0.15) is 32.1 Å². The van der Waals surface area contributed by atoms with Crippen LogP contribution in [-0.2, 0) is 9.53 Å². The summed E-state index contributed by atoms with van der Waals surface area (Å²) in [7, 11) is 0. The molecule has 1 amide bonds. The van der Waals surface area contributed by atoms with Crippen molar-refractivity contribution in [1.29, 1.82) is 0 Å². The van der Waals surface area contributed by atoms with E-state index in [0.717, 1.165) is 38.1 Å². The molecule has 1 N–H and O–H groups in total. The fourth-order valence-corrected chi connectivity index (χ4v) is 4.62. The lowest BCUT2D eigenvalue weighted by atomic mass is 9.81. The third kappa shape index (κ3) is 2.88. The second-order valence-corrected chi connectivity index (χ2v) is 7.26. The first-order valence-electron chi connectivity index (χ1n) is 8.67. The van der Waals surface area contributed by atoms with Crippen LogP contribution in [0, 0.1) is 5.92 Å². The molecule has 124 valence electrons. The number of benzene rings is 1. The molecule has 2 aliphatic heterocycles. The van der Waals surface area contributed by atoms with E-state index in [0.29, 0.717) is 23.1 Å². The maximum Gasteiger partial charge on any atom is 0.244 e. The van der Waals surface area contributed by atoms with Crippen LogP contribution in [0.4, 0.5) is 5.69 Å². The quantitative estimate of drug-likeness (QED) is 0.924. The van der Waals surface area contributed by atoms with Crippen LogP contribution in [0.2, 0.25) is 5.02 Å². The highest BCUT2D eigenvalue weighted by Gasteiger charge is 2.41. The van der Waals surface area contributed by atoms with Crippen molar-refractivity contribution in [2.24, 2.45) is 5.92 Å². The Morgan fingerprint density at radius 3 is 2.91 bits per heavy atom. The van der Waals surface area contributed by atoms with Crippen LogP contribution >= 0.6 is 11.6 Å². The lowest BCUT2D eigenvalue weighted by Crippen LogP contribution is -2.50. The second kappa shape index (κ2) is 6.42. The van der Waals surface area contributed by atoms with Crippen molar-refractivity contribution in [2.75, 3.05) is 18.1 Å². The van der Waals surface area contributed by atoms with Gasteiger partial charge in [0.25, 0.3) is 0 Å². The molecule has 2 heterocycles. The van der Waals surface area contributed by atoms with Gasteiger partial charge in [-0.3, -0.25) is 4.79 Å². The molecule has 0 radical (unpaired) electrons. The Hall–Kier alpha value is -1.10. The van der Waals surface area contributed by atoms with E-state index >= 15 is 0 Å². The smallest absolute Gasteiger partial charge is 0.244 e. The van der Waals surface area contributed by atoms with Crippen molar-refractivity contribution < 1.29 is 9.53 Å². The number of fused-ring (bicyclic) bond motifs is 1.